The number of halogens is 1. The van der Waals surface area contributed by atoms with Gasteiger partial charge in [-0.15, -0.1) is 24.0 Å². The van der Waals surface area contributed by atoms with E-state index in [2.05, 4.69) is 33.9 Å². The molecule has 0 bridgehead atoms. The Balaban J connectivity index is 0.00000480. The molecule has 0 radical (unpaired) electrons. The van der Waals surface area contributed by atoms with Crippen molar-refractivity contribution in [3.8, 4) is 0 Å². The number of nitrogens with zero attached hydrogens (tertiary/aromatic N) is 5. The number of rotatable bonds is 10. The van der Waals surface area contributed by atoms with E-state index in [0.717, 1.165) is 58.3 Å². The van der Waals surface area contributed by atoms with Crippen molar-refractivity contribution in [2.45, 2.75) is 33.8 Å². The Morgan fingerprint density at radius 3 is 2.16 bits per heavy atom. The van der Waals surface area contributed by atoms with Crippen LogP contribution in [0.4, 0.5) is 0 Å². The molecule has 9 nitrogen and oxygen atoms in total. The van der Waals surface area contributed by atoms with Crippen molar-refractivity contribution >= 4 is 40.0 Å². The van der Waals surface area contributed by atoms with Gasteiger partial charge in [0.05, 0.1) is 25.0 Å². The molecule has 2 rings (SSSR count). The highest BCUT2D eigenvalue weighted by Gasteiger charge is 2.28. The summed E-state index contributed by atoms with van der Waals surface area (Å²) in [5.41, 5.74) is 0. The minimum absolute atomic E-state index is 0. The van der Waals surface area contributed by atoms with Crippen LogP contribution in [-0.2, 0) is 14.8 Å². The van der Waals surface area contributed by atoms with Gasteiger partial charge in [0.2, 0.25) is 10.0 Å². The quantitative estimate of drug-likeness (QED) is 0.232. The van der Waals surface area contributed by atoms with Crippen molar-refractivity contribution in [1.29, 1.82) is 0 Å². The molecule has 2 aliphatic heterocycles. The van der Waals surface area contributed by atoms with E-state index in [1.54, 1.807) is 4.31 Å². The second kappa shape index (κ2) is 14.8. The standard InChI is InChI=1S/C20H42N6O3S.HI/c1-5-21-20(22-7-8-24-11-9-23(6-2)10-12-24)25-13-15-26(16-14-25)30(27,28)18-17-29-19(3)4;/h19H,5-18H2,1-4H3,(H,21,22);1H. The van der Waals surface area contributed by atoms with Gasteiger partial charge in [-0.3, -0.25) is 9.89 Å². The molecule has 0 aromatic heterocycles. The van der Waals surface area contributed by atoms with Crippen LogP contribution in [0.1, 0.15) is 27.7 Å². The van der Waals surface area contributed by atoms with Crippen LogP contribution < -0.4 is 5.32 Å². The highest BCUT2D eigenvalue weighted by atomic mass is 127. The summed E-state index contributed by atoms with van der Waals surface area (Å²) >= 11 is 0. The summed E-state index contributed by atoms with van der Waals surface area (Å²) in [4.78, 5) is 11.9. The van der Waals surface area contributed by atoms with Crippen molar-refractivity contribution < 1.29 is 13.2 Å². The van der Waals surface area contributed by atoms with Gasteiger partial charge in [-0.05, 0) is 27.3 Å². The lowest BCUT2D eigenvalue weighted by atomic mass is 10.3. The zero-order chi connectivity index (χ0) is 22.0. The normalized spacial score (nSPS) is 20.2. The number of guanidine groups is 1. The molecule has 0 atom stereocenters. The van der Waals surface area contributed by atoms with E-state index < -0.39 is 10.0 Å². The van der Waals surface area contributed by atoms with Gasteiger partial charge in [-0.1, -0.05) is 6.92 Å². The van der Waals surface area contributed by atoms with Gasteiger partial charge in [-0.2, -0.15) is 4.31 Å². The van der Waals surface area contributed by atoms with Gasteiger partial charge in [-0.25, -0.2) is 8.42 Å². The zero-order valence-corrected chi connectivity index (χ0v) is 22.9. The van der Waals surface area contributed by atoms with Gasteiger partial charge < -0.3 is 19.9 Å². The molecule has 0 amide bonds. The number of sulfonamides is 1. The first kappa shape index (κ1) is 28.8. The lowest BCUT2D eigenvalue weighted by molar-refractivity contribution is 0.0904. The van der Waals surface area contributed by atoms with Crippen LogP contribution in [0, 0.1) is 0 Å². The molecule has 2 saturated heterocycles. The van der Waals surface area contributed by atoms with Gasteiger partial charge in [0.25, 0.3) is 0 Å². The summed E-state index contributed by atoms with van der Waals surface area (Å²) in [7, 11) is -3.27. The third-order valence-electron chi connectivity index (χ3n) is 5.65. The average molecular weight is 575 g/mol. The van der Waals surface area contributed by atoms with Crippen molar-refractivity contribution in [2.24, 2.45) is 4.99 Å². The first-order valence-corrected chi connectivity index (χ1v) is 13.0. The fraction of sp³-hybridized carbons (Fsp3) is 0.950. The maximum atomic E-state index is 12.5. The second-order valence-electron chi connectivity index (χ2n) is 8.13. The van der Waals surface area contributed by atoms with Gasteiger partial charge >= 0.3 is 0 Å². The molecular weight excluding hydrogens is 531 g/mol. The minimum Gasteiger partial charge on any atom is -0.378 e. The monoisotopic (exact) mass is 574 g/mol. The Labute approximate surface area is 206 Å². The number of hydrogen-bond donors (Lipinski definition) is 1. The van der Waals surface area contributed by atoms with E-state index in [9.17, 15) is 8.42 Å². The maximum Gasteiger partial charge on any atom is 0.216 e. The van der Waals surface area contributed by atoms with Crippen molar-refractivity contribution in [1.82, 2.24) is 24.3 Å². The summed E-state index contributed by atoms with van der Waals surface area (Å²) in [6.07, 6.45) is 0.0476. The van der Waals surface area contributed by atoms with Gasteiger partial charge in [0.15, 0.2) is 5.96 Å². The molecule has 0 aromatic rings. The number of likely N-dealkylation sites (N-methyl/N-ethyl adjacent to an activating group) is 1. The molecule has 31 heavy (non-hydrogen) atoms. The average Bonchev–Trinajstić information content (AvgIpc) is 2.73. The van der Waals surface area contributed by atoms with E-state index >= 15 is 0 Å². The van der Waals surface area contributed by atoms with Crippen LogP contribution in [0.2, 0.25) is 0 Å². The van der Waals surface area contributed by atoms with E-state index in [1.807, 2.05) is 13.8 Å². The van der Waals surface area contributed by atoms with Crippen LogP contribution in [-0.4, -0.2) is 130 Å². The third kappa shape index (κ3) is 10.1. The predicted molar refractivity (Wildman–Crippen MR) is 138 cm³/mol. The molecule has 0 spiro atoms. The molecule has 0 aromatic carbocycles. The van der Waals surface area contributed by atoms with Crippen molar-refractivity contribution in [2.75, 3.05) is 90.9 Å². The first-order chi connectivity index (χ1) is 14.4. The van der Waals surface area contributed by atoms with E-state index in [0.29, 0.717) is 26.2 Å². The largest absolute Gasteiger partial charge is 0.378 e. The van der Waals surface area contributed by atoms with Crippen LogP contribution in [0.25, 0.3) is 0 Å². The van der Waals surface area contributed by atoms with E-state index in [-0.39, 0.29) is 42.4 Å². The predicted octanol–water partition coefficient (Wildman–Crippen LogP) is 0.580. The summed E-state index contributed by atoms with van der Waals surface area (Å²) in [6.45, 7) is 18.8. The van der Waals surface area contributed by atoms with E-state index in [1.165, 1.54) is 0 Å². The van der Waals surface area contributed by atoms with Crippen LogP contribution in [0.15, 0.2) is 4.99 Å². The first-order valence-electron chi connectivity index (χ1n) is 11.4. The topological polar surface area (TPSA) is 80.7 Å². The number of nitrogens with one attached hydrogen (secondary N) is 1. The molecule has 0 saturated carbocycles. The Morgan fingerprint density at radius 1 is 1.00 bits per heavy atom. The fourth-order valence-corrected chi connectivity index (χ4v) is 5.03. The zero-order valence-electron chi connectivity index (χ0n) is 19.8. The van der Waals surface area contributed by atoms with Crippen LogP contribution in [0.3, 0.4) is 0 Å². The number of piperazine rings is 2. The summed E-state index contributed by atoms with van der Waals surface area (Å²) in [5.74, 6) is 0.940. The fourth-order valence-electron chi connectivity index (χ4n) is 3.75. The Kier molecular flexibility index (Phi) is 13.8. The van der Waals surface area contributed by atoms with Crippen LogP contribution in [0.5, 0.6) is 0 Å². The molecule has 11 heteroatoms. The number of ether oxygens (including phenoxy) is 1. The molecule has 184 valence electrons. The lowest BCUT2D eigenvalue weighted by Crippen LogP contribution is -2.54. The summed E-state index contributed by atoms with van der Waals surface area (Å²) in [6, 6.07) is 0. The van der Waals surface area contributed by atoms with Crippen molar-refractivity contribution in [3.63, 3.8) is 0 Å². The van der Waals surface area contributed by atoms with Gasteiger partial charge in [0, 0.05) is 65.4 Å². The Hall–Kier alpha value is -0.210. The SMILES string of the molecule is CCNC(=NCCN1CCN(CC)CC1)N1CCN(S(=O)(=O)CCOC(C)C)CC1.I. The Morgan fingerprint density at radius 2 is 1.61 bits per heavy atom. The van der Waals surface area contributed by atoms with Crippen LogP contribution >= 0.6 is 24.0 Å². The lowest BCUT2D eigenvalue weighted by Gasteiger charge is -2.36. The molecule has 2 heterocycles. The highest BCUT2D eigenvalue weighted by molar-refractivity contribution is 14.0. The molecule has 2 fully saturated rings. The number of hydrogen-bond acceptors (Lipinski definition) is 6. The molecule has 0 unspecified atom stereocenters. The highest BCUT2D eigenvalue weighted by Crippen LogP contribution is 2.09. The second-order valence-corrected chi connectivity index (χ2v) is 10.2. The smallest absolute Gasteiger partial charge is 0.216 e. The Bertz CT molecular complexity index is 618. The molecule has 1 N–H and O–H groups in total. The molecule has 2 aliphatic rings. The molecular formula is C20H43IN6O3S. The summed E-state index contributed by atoms with van der Waals surface area (Å²) < 4.78 is 32.1. The van der Waals surface area contributed by atoms with E-state index in [4.69, 9.17) is 9.73 Å². The van der Waals surface area contributed by atoms with Crippen molar-refractivity contribution in [3.05, 3.63) is 0 Å². The molecule has 0 aliphatic carbocycles. The maximum absolute atomic E-state index is 12.5. The van der Waals surface area contributed by atoms with Gasteiger partial charge in [0.1, 0.15) is 0 Å². The minimum atomic E-state index is -3.27. The summed E-state index contributed by atoms with van der Waals surface area (Å²) in [5, 5.41) is 3.37. The number of aliphatic imine (C=N–C) groups is 1. The third-order valence-corrected chi connectivity index (χ3v) is 7.48.